The van der Waals surface area contributed by atoms with Crippen molar-refractivity contribution in [3.05, 3.63) is 84.4 Å². The van der Waals surface area contributed by atoms with E-state index in [4.69, 9.17) is 9.47 Å². The van der Waals surface area contributed by atoms with Crippen molar-refractivity contribution in [1.29, 1.82) is 0 Å². The lowest BCUT2D eigenvalue weighted by Gasteiger charge is -2.26. The molecule has 186 valence electrons. The molecular formula is C27H32N2O5S. The molecule has 0 aliphatic carbocycles. The molecule has 8 heteroatoms. The maximum atomic E-state index is 13.6. The summed E-state index contributed by atoms with van der Waals surface area (Å²) in [6.45, 7) is 2.12. The second-order valence-corrected chi connectivity index (χ2v) is 9.99. The molecule has 3 rings (SSSR count). The predicted molar refractivity (Wildman–Crippen MR) is 137 cm³/mol. The van der Waals surface area contributed by atoms with Gasteiger partial charge in [-0.2, -0.15) is 0 Å². The van der Waals surface area contributed by atoms with E-state index in [9.17, 15) is 13.2 Å². The summed E-state index contributed by atoms with van der Waals surface area (Å²) in [6, 6.07) is 23.0. The van der Waals surface area contributed by atoms with Crippen molar-refractivity contribution in [3.63, 3.8) is 0 Å². The van der Waals surface area contributed by atoms with Crippen LogP contribution in [0.5, 0.6) is 11.5 Å². The summed E-state index contributed by atoms with van der Waals surface area (Å²) in [5.41, 5.74) is 1.42. The van der Waals surface area contributed by atoms with Crippen LogP contribution in [0, 0.1) is 5.92 Å². The normalized spacial score (nSPS) is 12.0. The van der Waals surface area contributed by atoms with Gasteiger partial charge in [0.2, 0.25) is 5.91 Å². The Bertz CT molecular complexity index is 1200. The summed E-state index contributed by atoms with van der Waals surface area (Å²) in [6.07, 6.45) is 1.71. The summed E-state index contributed by atoms with van der Waals surface area (Å²) in [7, 11) is -1.12. The molecule has 0 fully saturated rings. The maximum Gasteiger partial charge on any atom is 0.264 e. The van der Waals surface area contributed by atoms with Crippen LogP contribution >= 0.6 is 0 Å². The first kappa shape index (κ1) is 26.1. The van der Waals surface area contributed by atoms with E-state index >= 15 is 0 Å². The molecule has 0 aliphatic heterocycles. The van der Waals surface area contributed by atoms with Crippen LogP contribution in [-0.4, -0.2) is 41.6 Å². The lowest BCUT2D eigenvalue weighted by molar-refractivity contribution is -0.119. The van der Waals surface area contributed by atoms with E-state index in [1.165, 1.54) is 31.9 Å². The van der Waals surface area contributed by atoms with Crippen molar-refractivity contribution in [2.75, 3.05) is 31.6 Å². The van der Waals surface area contributed by atoms with Crippen molar-refractivity contribution in [1.82, 2.24) is 5.32 Å². The Labute approximate surface area is 207 Å². The van der Waals surface area contributed by atoms with E-state index < -0.39 is 22.5 Å². The summed E-state index contributed by atoms with van der Waals surface area (Å²) in [5, 5.41) is 2.93. The third-order valence-corrected chi connectivity index (χ3v) is 7.58. The van der Waals surface area contributed by atoms with Crippen LogP contribution in [0.4, 0.5) is 5.69 Å². The Balaban J connectivity index is 1.85. The van der Waals surface area contributed by atoms with Gasteiger partial charge < -0.3 is 14.8 Å². The maximum absolute atomic E-state index is 13.6. The number of hydrogen-bond acceptors (Lipinski definition) is 5. The standard InChI is InChI=1S/C27H32N2O5S/c1-4-21(17-22-11-7-5-8-12-22)19-28-27(30)20-29(35(31,32)24-13-9-6-10-14-24)25-18-23(33-2)15-16-26(25)34-3/h5-16,18,21H,4,17,19-20H2,1-3H3,(H,28,30). The average molecular weight is 497 g/mol. The molecule has 0 spiro atoms. The number of carbonyl (C=O) groups excluding carboxylic acids is 1. The molecule has 0 aromatic heterocycles. The molecule has 1 atom stereocenters. The van der Waals surface area contributed by atoms with Crippen molar-refractivity contribution in [2.24, 2.45) is 5.92 Å². The van der Waals surface area contributed by atoms with Crippen molar-refractivity contribution in [3.8, 4) is 11.5 Å². The fourth-order valence-corrected chi connectivity index (χ4v) is 5.21. The van der Waals surface area contributed by atoms with Gasteiger partial charge in [-0.25, -0.2) is 8.42 Å². The first-order chi connectivity index (χ1) is 16.9. The van der Waals surface area contributed by atoms with Crippen molar-refractivity contribution in [2.45, 2.75) is 24.7 Å². The molecule has 1 amide bonds. The van der Waals surface area contributed by atoms with Crippen LogP contribution in [0.2, 0.25) is 0 Å². The van der Waals surface area contributed by atoms with Gasteiger partial charge in [-0.3, -0.25) is 9.10 Å². The molecule has 0 saturated heterocycles. The van der Waals surface area contributed by atoms with Gasteiger partial charge in [0.05, 0.1) is 24.8 Å². The molecule has 0 radical (unpaired) electrons. The van der Waals surface area contributed by atoms with Gasteiger partial charge in [0.15, 0.2) is 0 Å². The number of hydrogen-bond donors (Lipinski definition) is 1. The minimum atomic E-state index is -4.06. The molecule has 3 aromatic rings. The number of nitrogens with one attached hydrogen (secondary N) is 1. The number of nitrogens with zero attached hydrogens (tertiary/aromatic N) is 1. The molecule has 7 nitrogen and oxygen atoms in total. The van der Waals surface area contributed by atoms with E-state index in [-0.39, 0.29) is 16.5 Å². The van der Waals surface area contributed by atoms with E-state index in [0.717, 1.165) is 17.1 Å². The zero-order valence-electron chi connectivity index (χ0n) is 20.3. The third kappa shape index (κ3) is 6.76. The predicted octanol–water partition coefficient (Wildman–Crippen LogP) is 4.28. The molecule has 0 bridgehead atoms. The number of sulfonamides is 1. The number of anilines is 1. The molecule has 3 aromatic carbocycles. The van der Waals surface area contributed by atoms with Crippen LogP contribution in [0.25, 0.3) is 0 Å². The zero-order chi connectivity index (χ0) is 25.3. The van der Waals surface area contributed by atoms with Crippen LogP contribution < -0.4 is 19.1 Å². The first-order valence-electron chi connectivity index (χ1n) is 11.5. The largest absolute Gasteiger partial charge is 0.497 e. The van der Waals surface area contributed by atoms with Crippen molar-refractivity contribution >= 4 is 21.6 Å². The van der Waals surface area contributed by atoms with E-state index in [0.29, 0.717) is 18.0 Å². The van der Waals surface area contributed by atoms with Gasteiger partial charge in [-0.1, -0.05) is 61.9 Å². The smallest absolute Gasteiger partial charge is 0.264 e. The van der Waals surface area contributed by atoms with Gasteiger partial charge in [-0.05, 0) is 42.2 Å². The molecule has 0 aliphatic rings. The zero-order valence-corrected chi connectivity index (χ0v) is 21.1. The average Bonchev–Trinajstić information content (AvgIpc) is 2.90. The van der Waals surface area contributed by atoms with Crippen LogP contribution in [0.3, 0.4) is 0 Å². The van der Waals surface area contributed by atoms with Gasteiger partial charge in [-0.15, -0.1) is 0 Å². The Hall–Kier alpha value is -3.52. The van der Waals surface area contributed by atoms with Gasteiger partial charge >= 0.3 is 0 Å². The van der Waals surface area contributed by atoms with E-state index in [1.54, 1.807) is 36.4 Å². The van der Waals surface area contributed by atoms with E-state index in [1.807, 2.05) is 18.2 Å². The highest BCUT2D eigenvalue weighted by atomic mass is 32.2. The molecule has 0 saturated carbocycles. The SMILES string of the molecule is CCC(CNC(=O)CN(c1cc(OC)ccc1OC)S(=O)(=O)c1ccccc1)Cc1ccccc1. The minimum absolute atomic E-state index is 0.0770. The lowest BCUT2D eigenvalue weighted by Crippen LogP contribution is -2.42. The molecule has 1 N–H and O–H groups in total. The van der Waals surface area contributed by atoms with Crippen molar-refractivity contribution < 1.29 is 22.7 Å². The Morgan fingerprint density at radius 2 is 1.60 bits per heavy atom. The van der Waals surface area contributed by atoms with Gasteiger partial charge in [0, 0.05) is 12.6 Å². The summed E-state index contributed by atoms with van der Waals surface area (Å²) >= 11 is 0. The number of ether oxygens (including phenoxy) is 2. The summed E-state index contributed by atoms with van der Waals surface area (Å²) < 4.78 is 39.0. The second-order valence-electron chi connectivity index (χ2n) is 8.13. The third-order valence-electron chi connectivity index (χ3n) is 5.81. The van der Waals surface area contributed by atoms with Crippen LogP contribution in [0.1, 0.15) is 18.9 Å². The molecule has 0 heterocycles. The molecule has 1 unspecified atom stereocenters. The van der Waals surface area contributed by atoms with Crippen LogP contribution in [0.15, 0.2) is 83.8 Å². The van der Waals surface area contributed by atoms with E-state index in [2.05, 4.69) is 24.4 Å². The monoisotopic (exact) mass is 496 g/mol. The Kier molecular flexibility index (Phi) is 9.14. The van der Waals surface area contributed by atoms with Crippen LogP contribution in [-0.2, 0) is 21.2 Å². The Morgan fingerprint density at radius 1 is 0.943 bits per heavy atom. The first-order valence-corrected chi connectivity index (χ1v) is 12.9. The summed E-state index contributed by atoms with van der Waals surface area (Å²) in [4.78, 5) is 13.1. The highest BCUT2D eigenvalue weighted by molar-refractivity contribution is 7.92. The fourth-order valence-electron chi connectivity index (χ4n) is 3.76. The number of carbonyl (C=O) groups is 1. The van der Waals surface area contributed by atoms with Gasteiger partial charge in [0.25, 0.3) is 10.0 Å². The fraction of sp³-hybridized carbons (Fsp3) is 0.296. The molecule has 35 heavy (non-hydrogen) atoms. The minimum Gasteiger partial charge on any atom is -0.497 e. The number of rotatable bonds is 12. The highest BCUT2D eigenvalue weighted by Gasteiger charge is 2.30. The molecular weight excluding hydrogens is 464 g/mol. The highest BCUT2D eigenvalue weighted by Crippen LogP contribution is 2.35. The quantitative estimate of drug-likeness (QED) is 0.405. The topological polar surface area (TPSA) is 84.9 Å². The van der Waals surface area contributed by atoms with Gasteiger partial charge in [0.1, 0.15) is 18.0 Å². The lowest BCUT2D eigenvalue weighted by atomic mass is 9.97. The Morgan fingerprint density at radius 3 is 2.20 bits per heavy atom. The number of methoxy groups -OCH3 is 2. The number of benzene rings is 3. The number of amides is 1. The summed E-state index contributed by atoms with van der Waals surface area (Å²) in [5.74, 6) is 0.588. The second kappa shape index (κ2) is 12.3.